The Hall–Kier alpha value is -1.03. The van der Waals surface area contributed by atoms with Crippen molar-refractivity contribution in [2.45, 2.75) is 53.2 Å². The molecule has 0 atom stereocenters. The first-order chi connectivity index (χ1) is 8.39. The molecule has 18 heavy (non-hydrogen) atoms. The van der Waals surface area contributed by atoms with Crippen LogP contribution in [0.2, 0.25) is 0 Å². The van der Waals surface area contributed by atoms with Crippen LogP contribution in [0.25, 0.3) is 0 Å². The van der Waals surface area contributed by atoms with Crippen LogP contribution in [-0.4, -0.2) is 22.0 Å². The summed E-state index contributed by atoms with van der Waals surface area (Å²) < 4.78 is 7.25. The number of ether oxygens (including phenoxy) is 1. The monoisotopic (exact) mass is 254 g/mol. The van der Waals surface area contributed by atoms with Gasteiger partial charge in [-0.2, -0.15) is 5.10 Å². The maximum atomic E-state index is 11.1. The molecule has 104 valence electrons. The highest BCUT2D eigenvalue weighted by molar-refractivity contribution is 5.32. The van der Waals surface area contributed by atoms with E-state index in [2.05, 4.69) is 12.0 Å². The van der Waals surface area contributed by atoms with Crippen LogP contribution in [0.4, 0.5) is 0 Å². The van der Waals surface area contributed by atoms with Gasteiger partial charge in [0.1, 0.15) is 11.3 Å². The quantitative estimate of drug-likeness (QED) is 0.849. The maximum absolute atomic E-state index is 11.1. The number of nitrogens with zero attached hydrogens (tertiary/aromatic N) is 2. The summed E-state index contributed by atoms with van der Waals surface area (Å²) in [6.07, 6.45) is 2.67. The third kappa shape index (κ3) is 2.39. The fraction of sp³-hybridized carbons (Fsp3) is 0.786. The molecule has 0 saturated heterocycles. The minimum atomic E-state index is -0.920. The minimum absolute atomic E-state index is 0.0960. The van der Waals surface area contributed by atoms with Gasteiger partial charge in [0, 0.05) is 6.54 Å². The van der Waals surface area contributed by atoms with E-state index in [1.807, 2.05) is 32.4 Å². The Bertz CT molecular complexity index is 375. The molecule has 4 nitrogen and oxygen atoms in total. The van der Waals surface area contributed by atoms with Gasteiger partial charge in [-0.05, 0) is 18.3 Å². The van der Waals surface area contributed by atoms with E-state index in [1.54, 1.807) is 13.3 Å². The van der Waals surface area contributed by atoms with Gasteiger partial charge in [0.15, 0.2) is 5.75 Å². The topological polar surface area (TPSA) is 47.3 Å². The van der Waals surface area contributed by atoms with Gasteiger partial charge in [-0.15, -0.1) is 0 Å². The summed E-state index contributed by atoms with van der Waals surface area (Å²) in [4.78, 5) is 0. The average molecular weight is 254 g/mol. The molecule has 4 heteroatoms. The van der Waals surface area contributed by atoms with Crippen molar-refractivity contribution in [3.63, 3.8) is 0 Å². The molecule has 0 unspecified atom stereocenters. The Labute approximate surface area is 110 Å². The number of methoxy groups -OCH3 is 1. The minimum Gasteiger partial charge on any atom is -0.493 e. The smallest absolute Gasteiger partial charge is 0.162 e. The predicted octanol–water partition coefficient (Wildman–Crippen LogP) is 2.80. The van der Waals surface area contributed by atoms with Gasteiger partial charge in [0.2, 0.25) is 0 Å². The molecule has 0 aliphatic heterocycles. The second kappa shape index (κ2) is 5.74. The fourth-order valence-electron chi connectivity index (χ4n) is 2.52. The summed E-state index contributed by atoms with van der Waals surface area (Å²) in [6.45, 7) is 11.0. The van der Waals surface area contributed by atoms with Crippen LogP contribution >= 0.6 is 0 Å². The summed E-state index contributed by atoms with van der Waals surface area (Å²) >= 11 is 0. The van der Waals surface area contributed by atoms with Crippen LogP contribution in [0.1, 0.15) is 46.7 Å². The highest BCUT2D eigenvalue weighted by Crippen LogP contribution is 2.41. The lowest BCUT2D eigenvalue weighted by atomic mass is 9.77. The lowest BCUT2D eigenvalue weighted by Crippen LogP contribution is -2.40. The van der Waals surface area contributed by atoms with E-state index in [1.165, 1.54) is 0 Å². The summed E-state index contributed by atoms with van der Waals surface area (Å²) in [6, 6.07) is 0. The first-order valence-corrected chi connectivity index (χ1v) is 6.72. The largest absolute Gasteiger partial charge is 0.493 e. The highest BCUT2D eigenvalue weighted by Gasteiger charge is 2.42. The van der Waals surface area contributed by atoms with Gasteiger partial charge < -0.3 is 9.84 Å². The second-order valence-electron chi connectivity index (χ2n) is 5.42. The highest BCUT2D eigenvalue weighted by atomic mass is 16.5. The van der Waals surface area contributed by atoms with Gasteiger partial charge in [-0.3, -0.25) is 4.68 Å². The van der Waals surface area contributed by atoms with Crippen molar-refractivity contribution in [1.29, 1.82) is 0 Å². The van der Waals surface area contributed by atoms with Crippen LogP contribution in [0, 0.1) is 11.8 Å². The van der Waals surface area contributed by atoms with Crippen LogP contribution < -0.4 is 4.74 Å². The second-order valence-corrected chi connectivity index (χ2v) is 5.42. The Morgan fingerprint density at radius 1 is 1.33 bits per heavy atom. The van der Waals surface area contributed by atoms with E-state index in [0.29, 0.717) is 5.75 Å². The molecular weight excluding hydrogens is 228 g/mol. The number of rotatable bonds is 6. The molecule has 0 saturated carbocycles. The van der Waals surface area contributed by atoms with Crippen molar-refractivity contribution in [3.8, 4) is 5.75 Å². The zero-order valence-electron chi connectivity index (χ0n) is 12.4. The number of aryl methyl sites for hydroxylation is 1. The molecule has 1 heterocycles. The Morgan fingerprint density at radius 2 is 1.89 bits per heavy atom. The third-order valence-corrected chi connectivity index (χ3v) is 3.60. The number of hydrogen-bond acceptors (Lipinski definition) is 3. The zero-order chi connectivity index (χ0) is 13.9. The molecule has 1 N–H and O–H groups in total. The van der Waals surface area contributed by atoms with Gasteiger partial charge in [-0.25, -0.2) is 0 Å². The van der Waals surface area contributed by atoms with Gasteiger partial charge in [-0.1, -0.05) is 34.6 Å². The van der Waals surface area contributed by atoms with Gasteiger partial charge in [0.05, 0.1) is 13.3 Å². The molecule has 0 aliphatic rings. The summed E-state index contributed by atoms with van der Waals surface area (Å²) in [5, 5.41) is 15.4. The number of aliphatic hydroxyl groups is 1. The molecule has 1 aromatic rings. The van der Waals surface area contributed by atoms with E-state index < -0.39 is 5.60 Å². The van der Waals surface area contributed by atoms with Crippen molar-refractivity contribution in [1.82, 2.24) is 9.78 Å². The van der Waals surface area contributed by atoms with E-state index in [-0.39, 0.29) is 11.8 Å². The molecule has 0 aliphatic carbocycles. The van der Waals surface area contributed by atoms with Crippen LogP contribution in [-0.2, 0) is 12.1 Å². The molecule has 0 amide bonds. The first-order valence-electron chi connectivity index (χ1n) is 6.72. The Morgan fingerprint density at radius 3 is 2.28 bits per heavy atom. The standard InChI is InChI=1S/C14H26N2O2/c1-7-8-16-13(12(18-6)9-15-16)14(17,10(2)3)11(4)5/h9-11,17H,7-8H2,1-6H3. The predicted molar refractivity (Wildman–Crippen MR) is 72.6 cm³/mol. The van der Waals surface area contributed by atoms with Crippen molar-refractivity contribution in [3.05, 3.63) is 11.9 Å². The molecule has 1 rings (SSSR count). The Kier molecular flexibility index (Phi) is 4.79. The normalized spacial score (nSPS) is 12.5. The lowest BCUT2D eigenvalue weighted by molar-refractivity contribution is -0.0620. The molecule has 0 fully saturated rings. The van der Waals surface area contributed by atoms with Crippen molar-refractivity contribution in [2.24, 2.45) is 11.8 Å². The van der Waals surface area contributed by atoms with Gasteiger partial charge in [0.25, 0.3) is 0 Å². The van der Waals surface area contributed by atoms with E-state index in [4.69, 9.17) is 4.74 Å². The van der Waals surface area contributed by atoms with Crippen molar-refractivity contribution in [2.75, 3.05) is 7.11 Å². The first kappa shape index (κ1) is 15.0. The number of hydrogen-bond donors (Lipinski definition) is 1. The summed E-state index contributed by atoms with van der Waals surface area (Å²) in [5.41, 5.74) is -0.117. The van der Waals surface area contributed by atoms with Crippen LogP contribution in [0.15, 0.2) is 6.20 Å². The SMILES string of the molecule is CCCn1ncc(OC)c1C(O)(C(C)C)C(C)C. The number of aromatic nitrogens is 2. The van der Waals surface area contributed by atoms with Crippen LogP contribution in [0.3, 0.4) is 0 Å². The third-order valence-electron chi connectivity index (χ3n) is 3.60. The van der Waals surface area contributed by atoms with E-state index in [9.17, 15) is 5.11 Å². The average Bonchev–Trinajstić information content (AvgIpc) is 2.71. The maximum Gasteiger partial charge on any atom is 0.162 e. The van der Waals surface area contributed by atoms with Crippen molar-refractivity contribution >= 4 is 0 Å². The molecule has 0 spiro atoms. The van der Waals surface area contributed by atoms with E-state index in [0.717, 1.165) is 18.7 Å². The molecular formula is C14H26N2O2. The summed E-state index contributed by atoms with van der Waals surface area (Å²) in [7, 11) is 1.62. The van der Waals surface area contributed by atoms with E-state index >= 15 is 0 Å². The van der Waals surface area contributed by atoms with Crippen LogP contribution in [0.5, 0.6) is 5.75 Å². The lowest BCUT2D eigenvalue weighted by Gasteiger charge is -2.37. The molecule has 0 aromatic carbocycles. The molecule has 1 aromatic heterocycles. The molecule has 0 bridgehead atoms. The summed E-state index contributed by atoms with van der Waals surface area (Å²) in [5.74, 6) is 0.866. The zero-order valence-corrected chi connectivity index (χ0v) is 12.4. The fourth-order valence-corrected chi connectivity index (χ4v) is 2.52. The van der Waals surface area contributed by atoms with Gasteiger partial charge >= 0.3 is 0 Å². The Balaban J connectivity index is 3.38. The molecule has 0 radical (unpaired) electrons. The van der Waals surface area contributed by atoms with Crippen molar-refractivity contribution < 1.29 is 9.84 Å².